The van der Waals surface area contributed by atoms with Crippen LogP contribution in [0, 0.1) is 0 Å². The number of hydrogen-bond donors (Lipinski definition) is 1. The Bertz CT molecular complexity index is 158. The van der Waals surface area contributed by atoms with Crippen molar-refractivity contribution in [3.63, 3.8) is 0 Å². The fourth-order valence-electron chi connectivity index (χ4n) is 1.11. The van der Waals surface area contributed by atoms with Gasteiger partial charge < -0.3 is 4.74 Å². The maximum atomic E-state index is 11.4. The molecule has 1 aliphatic rings. The van der Waals surface area contributed by atoms with Gasteiger partial charge in [0.25, 0.3) is 0 Å². The lowest BCUT2D eigenvalue weighted by Crippen LogP contribution is -2.34. The minimum atomic E-state index is -0.113. The van der Waals surface area contributed by atoms with Crippen molar-refractivity contribution in [2.24, 2.45) is 0 Å². The van der Waals surface area contributed by atoms with Crippen LogP contribution in [-0.2, 0) is 9.53 Å². The van der Waals surface area contributed by atoms with Gasteiger partial charge in [-0.25, -0.2) is 4.72 Å². The van der Waals surface area contributed by atoms with Crippen LogP contribution in [0.2, 0.25) is 0 Å². The van der Waals surface area contributed by atoms with Gasteiger partial charge in [0.1, 0.15) is 6.04 Å². The average Bonchev–Trinajstić information content (AvgIpc) is 2.03. The molecule has 3 nitrogen and oxygen atoms in total. The predicted molar refractivity (Wildman–Crippen MR) is 57.5 cm³/mol. The van der Waals surface area contributed by atoms with Crippen LogP contribution in [-0.4, -0.2) is 24.4 Å². The summed E-state index contributed by atoms with van der Waals surface area (Å²) < 4.78 is 8.06. The van der Waals surface area contributed by atoms with Gasteiger partial charge in [-0.1, -0.05) is 17.2 Å². The van der Waals surface area contributed by atoms with E-state index in [4.69, 9.17) is 4.74 Å². The molecular formula is C8H15NO2S2. The normalized spacial score (nSPS) is 24.5. The molecule has 0 aromatic carbocycles. The Morgan fingerprint density at radius 3 is 3.23 bits per heavy atom. The lowest BCUT2D eigenvalue weighted by atomic mass is 10.1. The first-order valence-corrected chi connectivity index (χ1v) is 6.87. The highest BCUT2D eigenvalue weighted by atomic mass is 33.1. The summed E-state index contributed by atoms with van der Waals surface area (Å²) in [6, 6.07) is -0.113. The van der Waals surface area contributed by atoms with Crippen molar-refractivity contribution < 1.29 is 9.53 Å². The molecule has 1 fully saturated rings. The first-order valence-electron chi connectivity index (χ1n) is 4.55. The highest BCUT2D eigenvalue weighted by molar-refractivity contribution is 8.76. The molecule has 1 saturated heterocycles. The van der Waals surface area contributed by atoms with E-state index in [0.29, 0.717) is 6.61 Å². The molecule has 13 heavy (non-hydrogen) atoms. The second kappa shape index (κ2) is 6.56. The number of esters is 1. The topological polar surface area (TPSA) is 38.3 Å². The van der Waals surface area contributed by atoms with E-state index < -0.39 is 0 Å². The molecule has 0 amide bonds. The van der Waals surface area contributed by atoms with Gasteiger partial charge in [-0.2, -0.15) is 0 Å². The molecule has 1 rings (SSSR count). The lowest BCUT2D eigenvalue weighted by molar-refractivity contribution is -0.145. The van der Waals surface area contributed by atoms with Crippen LogP contribution in [0.25, 0.3) is 0 Å². The summed E-state index contributed by atoms with van der Waals surface area (Å²) in [5.41, 5.74) is 0. The maximum Gasteiger partial charge on any atom is 0.324 e. The van der Waals surface area contributed by atoms with E-state index in [-0.39, 0.29) is 12.0 Å². The molecule has 0 bridgehead atoms. The Balaban J connectivity index is 2.32. The lowest BCUT2D eigenvalue weighted by Gasteiger charge is -2.18. The Morgan fingerprint density at radius 2 is 2.46 bits per heavy atom. The highest BCUT2D eigenvalue weighted by Gasteiger charge is 2.20. The van der Waals surface area contributed by atoms with Crippen LogP contribution in [0.3, 0.4) is 0 Å². The summed E-state index contributed by atoms with van der Waals surface area (Å²) in [7, 11) is 3.32. The number of ether oxygens (including phenoxy) is 1. The summed E-state index contributed by atoms with van der Waals surface area (Å²) >= 11 is 0. The summed E-state index contributed by atoms with van der Waals surface area (Å²) in [4.78, 5) is 11.4. The third-order valence-electron chi connectivity index (χ3n) is 1.79. The number of rotatable bonds is 2. The monoisotopic (exact) mass is 221 g/mol. The van der Waals surface area contributed by atoms with Gasteiger partial charge in [0.2, 0.25) is 0 Å². The van der Waals surface area contributed by atoms with E-state index in [1.54, 1.807) is 21.8 Å². The van der Waals surface area contributed by atoms with Crippen LogP contribution in [0.4, 0.5) is 0 Å². The SMILES string of the molecule is CCOC(=O)C1CCCCSSN1. The van der Waals surface area contributed by atoms with Crippen molar-refractivity contribution in [3.05, 3.63) is 0 Å². The second-order valence-electron chi connectivity index (χ2n) is 2.82. The van der Waals surface area contributed by atoms with E-state index >= 15 is 0 Å². The number of nitrogens with one attached hydrogen (secondary N) is 1. The molecule has 0 aromatic rings. The number of carbonyl (C=O) groups excluding carboxylic acids is 1. The molecule has 0 aliphatic carbocycles. The zero-order valence-electron chi connectivity index (χ0n) is 7.75. The van der Waals surface area contributed by atoms with Crippen molar-refractivity contribution in [2.45, 2.75) is 32.2 Å². The fraction of sp³-hybridized carbons (Fsp3) is 0.875. The van der Waals surface area contributed by atoms with Crippen LogP contribution in [0.15, 0.2) is 0 Å². The molecule has 1 heterocycles. The van der Waals surface area contributed by atoms with E-state index in [2.05, 4.69) is 4.72 Å². The van der Waals surface area contributed by atoms with E-state index in [1.165, 1.54) is 6.42 Å². The van der Waals surface area contributed by atoms with Gasteiger partial charge in [-0.3, -0.25) is 4.79 Å². The maximum absolute atomic E-state index is 11.4. The van der Waals surface area contributed by atoms with Gasteiger partial charge in [-0.05, 0) is 30.7 Å². The second-order valence-corrected chi connectivity index (χ2v) is 5.08. The van der Waals surface area contributed by atoms with Crippen LogP contribution >= 0.6 is 21.8 Å². The Morgan fingerprint density at radius 1 is 1.62 bits per heavy atom. The number of hydrogen-bond acceptors (Lipinski definition) is 5. The molecule has 0 radical (unpaired) electrons. The third kappa shape index (κ3) is 4.24. The Kier molecular flexibility index (Phi) is 5.66. The third-order valence-corrected chi connectivity index (χ3v) is 3.89. The molecular weight excluding hydrogens is 206 g/mol. The summed E-state index contributed by atoms with van der Waals surface area (Å²) in [6.45, 7) is 2.30. The van der Waals surface area contributed by atoms with E-state index in [1.807, 2.05) is 6.92 Å². The Hall–Kier alpha value is 0.130. The van der Waals surface area contributed by atoms with E-state index in [0.717, 1.165) is 18.6 Å². The molecule has 1 N–H and O–H groups in total. The molecule has 1 aliphatic heterocycles. The smallest absolute Gasteiger partial charge is 0.324 e. The molecule has 5 heteroatoms. The standard InChI is InChI=1S/C8H15NO2S2/c1-2-11-8(10)7-5-3-4-6-12-13-9-7/h7,9H,2-6H2,1H3. The quantitative estimate of drug-likeness (QED) is 0.438. The minimum Gasteiger partial charge on any atom is -0.465 e. The predicted octanol–water partition coefficient (Wildman–Crippen LogP) is 1.99. The first kappa shape index (κ1) is 11.2. The summed E-state index contributed by atoms with van der Waals surface area (Å²) in [6.07, 6.45) is 3.19. The molecule has 1 atom stereocenters. The average molecular weight is 221 g/mol. The molecule has 1 unspecified atom stereocenters. The molecule has 0 spiro atoms. The van der Waals surface area contributed by atoms with Crippen LogP contribution in [0.5, 0.6) is 0 Å². The molecule has 0 saturated carbocycles. The van der Waals surface area contributed by atoms with Crippen molar-refractivity contribution in [3.8, 4) is 0 Å². The van der Waals surface area contributed by atoms with Crippen molar-refractivity contribution in [1.29, 1.82) is 0 Å². The van der Waals surface area contributed by atoms with Crippen molar-refractivity contribution in [2.75, 3.05) is 12.4 Å². The zero-order chi connectivity index (χ0) is 9.52. The largest absolute Gasteiger partial charge is 0.465 e. The van der Waals surface area contributed by atoms with Gasteiger partial charge >= 0.3 is 5.97 Å². The van der Waals surface area contributed by atoms with Crippen molar-refractivity contribution in [1.82, 2.24) is 4.72 Å². The van der Waals surface area contributed by atoms with E-state index in [9.17, 15) is 4.79 Å². The molecule has 0 aromatic heterocycles. The van der Waals surface area contributed by atoms with Crippen molar-refractivity contribution >= 4 is 27.7 Å². The fourth-order valence-corrected chi connectivity index (χ4v) is 3.07. The van der Waals surface area contributed by atoms with Gasteiger partial charge in [0.15, 0.2) is 0 Å². The summed E-state index contributed by atoms with van der Waals surface area (Å²) in [5.74, 6) is 1.05. The Labute approximate surface area is 86.9 Å². The highest BCUT2D eigenvalue weighted by Crippen LogP contribution is 2.24. The summed E-state index contributed by atoms with van der Waals surface area (Å²) in [5, 5.41) is 0. The number of carbonyl (C=O) groups is 1. The first-order chi connectivity index (χ1) is 6.34. The van der Waals surface area contributed by atoms with Gasteiger partial charge in [0, 0.05) is 5.75 Å². The van der Waals surface area contributed by atoms with Gasteiger partial charge in [-0.15, -0.1) is 0 Å². The zero-order valence-corrected chi connectivity index (χ0v) is 9.38. The van der Waals surface area contributed by atoms with Crippen LogP contribution in [0.1, 0.15) is 26.2 Å². The molecule has 76 valence electrons. The minimum absolute atomic E-state index is 0.113. The van der Waals surface area contributed by atoms with Gasteiger partial charge in [0.05, 0.1) is 6.61 Å². The van der Waals surface area contributed by atoms with Crippen LogP contribution < -0.4 is 4.72 Å².